The van der Waals surface area contributed by atoms with Crippen molar-refractivity contribution in [3.05, 3.63) is 65.0 Å². The van der Waals surface area contributed by atoms with E-state index in [1.807, 2.05) is 37.3 Å². The van der Waals surface area contributed by atoms with Gasteiger partial charge in [-0.15, -0.1) is 0 Å². The van der Waals surface area contributed by atoms with Gasteiger partial charge in [-0.3, -0.25) is 0 Å². The van der Waals surface area contributed by atoms with Crippen LogP contribution < -0.4 is 20.9 Å². The summed E-state index contributed by atoms with van der Waals surface area (Å²) in [6.45, 7) is 2.54. The van der Waals surface area contributed by atoms with Gasteiger partial charge in [0.05, 0.1) is 12.5 Å². The molecule has 2 aromatic rings. The molecule has 5 nitrogen and oxygen atoms in total. The Bertz CT molecular complexity index is 804. The van der Waals surface area contributed by atoms with Crippen molar-refractivity contribution in [1.82, 2.24) is 0 Å². The van der Waals surface area contributed by atoms with E-state index in [1.165, 1.54) is 0 Å². The van der Waals surface area contributed by atoms with Gasteiger partial charge >= 0.3 is 0 Å². The largest absolute Gasteiger partial charge is 0.494 e. The summed E-state index contributed by atoms with van der Waals surface area (Å²) in [5.74, 6) is 1.21. The highest BCUT2D eigenvalue weighted by Crippen LogP contribution is 2.42. The number of fused-ring (bicyclic) bond motifs is 1. The Balaban J connectivity index is 2.10. The zero-order valence-corrected chi connectivity index (χ0v) is 12.7. The average molecular weight is 307 g/mol. The Hall–Kier alpha value is -3.13. The first-order valence-electron chi connectivity index (χ1n) is 7.33. The summed E-state index contributed by atoms with van der Waals surface area (Å²) in [6.07, 6.45) is 0. The topological polar surface area (TPSA) is 94.3 Å². The summed E-state index contributed by atoms with van der Waals surface area (Å²) in [7, 11) is 0. The van der Waals surface area contributed by atoms with Crippen molar-refractivity contribution < 1.29 is 9.47 Å². The minimum atomic E-state index is -0.278. The van der Waals surface area contributed by atoms with E-state index in [4.69, 9.17) is 20.9 Å². The zero-order valence-electron chi connectivity index (χ0n) is 12.7. The summed E-state index contributed by atoms with van der Waals surface area (Å²) < 4.78 is 11.0. The predicted molar refractivity (Wildman–Crippen MR) is 87.8 cm³/mol. The van der Waals surface area contributed by atoms with Gasteiger partial charge in [-0.2, -0.15) is 5.26 Å². The van der Waals surface area contributed by atoms with Crippen LogP contribution in [0.15, 0.2) is 53.9 Å². The first-order chi connectivity index (χ1) is 11.1. The molecule has 0 aromatic heterocycles. The maximum Gasteiger partial charge on any atom is 0.205 e. The summed E-state index contributed by atoms with van der Waals surface area (Å²) in [5.41, 5.74) is 14.5. The molecule has 1 aliphatic rings. The molecule has 3 rings (SSSR count). The standard InChI is InChI=1S/C18H17N3O2/c1-2-22-13-6-3-11(4-7-13)17-14-8-5-12(20)9-16(14)23-18(21)15(17)10-19/h3-9,17H,2,20-21H2,1H3/t17-/m0/s1. The van der Waals surface area contributed by atoms with Gasteiger partial charge in [0.2, 0.25) is 5.88 Å². The fourth-order valence-corrected chi connectivity index (χ4v) is 2.74. The number of hydrogen-bond acceptors (Lipinski definition) is 5. The van der Waals surface area contributed by atoms with Gasteiger partial charge in [0.1, 0.15) is 23.1 Å². The smallest absolute Gasteiger partial charge is 0.205 e. The molecule has 0 radical (unpaired) electrons. The number of hydrogen-bond donors (Lipinski definition) is 2. The minimum Gasteiger partial charge on any atom is -0.494 e. The van der Waals surface area contributed by atoms with Crippen LogP contribution in [0.1, 0.15) is 24.0 Å². The number of nitriles is 1. The highest BCUT2D eigenvalue weighted by molar-refractivity contribution is 5.59. The normalized spacial score (nSPS) is 16.3. The molecular formula is C18H17N3O2. The van der Waals surface area contributed by atoms with Crippen molar-refractivity contribution >= 4 is 5.69 Å². The molecule has 0 saturated carbocycles. The van der Waals surface area contributed by atoms with Crippen LogP contribution in [-0.4, -0.2) is 6.61 Å². The lowest BCUT2D eigenvalue weighted by molar-refractivity contribution is 0.340. The van der Waals surface area contributed by atoms with E-state index in [2.05, 4.69) is 6.07 Å². The maximum atomic E-state index is 9.49. The fraction of sp³-hybridized carbons (Fsp3) is 0.167. The monoisotopic (exact) mass is 307 g/mol. The summed E-state index contributed by atoms with van der Waals surface area (Å²) in [6, 6.07) is 15.2. The van der Waals surface area contributed by atoms with Crippen molar-refractivity contribution in [2.75, 3.05) is 12.3 Å². The lowest BCUT2D eigenvalue weighted by Crippen LogP contribution is -2.21. The van der Waals surface area contributed by atoms with Crippen molar-refractivity contribution in [3.63, 3.8) is 0 Å². The van der Waals surface area contributed by atoms with Crippen LogP contribution in [0.5, 0.6) is 11.5 Å². The molecule has 0 bridgehead atoms. The second kappa shape index (κ2) is 5.93. The number of anilines is 1. The Morgan fingerprint density at radius 1 is 1.17 bits per heavy atom. The van der Waals surface area contributed by atoms with E-state index in [1.54, 1.807) is 12.1 Å². The molecule has 0 amide bonds. The van der Waals surface area contributed by atoms with Crippen molar-refractivity contribution in [3.8, 4) is 17.6 Å². The Kier molecular flexibility index (Phi) is 3.82. The number of nitrogens with zero attached hydrogens (tertiary/aromatic N) is 1. The lowest BCUT2D eigenvalue weighted by Gasteiger charge is -2.26. The van der Waals surface area contributed by atoms with Crippen LogP contribution in [0.2, 0.25) is 0 Å². The number of rotatable bonds is 3. The van der Waals surface area contributed by atoms with Crippen LogP contribution >= 0.6 is 0 Å². The number of nitrogens with two attached hydrogens (primary N) is 2. The molecule has 0 aliphatic carbocycles. The molecule has 0 unspecified atom stereocenters. The number of ether oxygens (including phenoxy) is 2. The molecule has 2 aromatic carbocycles. The number of nitrogen functional groups attached to an aromatic ring is 1. The first-order valence-corrected chi connectivity index (χ1v) is 7.33. The molecule has 116 valence electrons. The molecular weight excluding hydrogens is 290 g/mol. The highest BCUT2D eigenvalue weighted by atomic mass is 16.5. The van der Waals surface area contributed by atoms with E-state index >= 15 is 0 Å². The Morgan fingerprint density at radius 2 is 1.91 bits per heavy atom. The van der Waals surface area contributed by atoms with Gasteiger partial charge in [0, 0.05) is 17.3 Å². The number of benzene rings is 2. The first kappa shape index (κ1) is 14.8. The molecule has 0 fully saturated rings. The molecule has 0 spiro atoms. The second-order valence-corrected chi connectivity index (χ2v) is 5.22. The van der Waals surface area contributed by atoms with Crippen LogP contribution in [0, 0.1) is 11.3 Å². The van der Waals surface area contributed by atoms with Gasteiger partial charge in [-0.25, -0.2) is 0 Å². The second-order valence-electron chi connectivity index (χ2n) is 5.22. The summed E-state index contributed by atoms with van der Waals surface area (Å²) in [4.78, 5) is 0. The van der Waals surface area contributed by atoms with Crippen molar-refractivity contribution in [2.45, 2.75) is 12.8 Å². The Labute approximate surface area is 134 Å². The third kappa shape index (κ3) is 2.67. The van der Waals surface area contributed by atoms with E-state index in [0.717, 1.165) is 16.9 Å². The molecule has 0 saturated heterocycles. The minimum absolute atomic E-state index is 0.115. The molecule has 1 heterocycles. The quantitative estimate of drug-likeness (QED) is 0.850. The van der Waals surface area contributed by atoms with E-state index in [-0.39, 0.29) is 11.8 Å². The zero-order chi connectivity index (χ0) is 16.4. The van der Waals surface area contributed by atoms with Gasteiger partial charge in [0.25, 0.3) is 0 Å². The third-order valence-electron chi connectivity index (χ3n) is 3.77. The molecule has 1 aliphatic heterocycles. The van der Waals surface area contributed by atoms with E-state index < -0.39 is 0 Å². The molecule has 1 atom stereocenters. The van der Waals surface area contributed by atoms with Crippen LogP contribution in [0.4, 0.5) is 5.69 Å². The lowest BCUT2D eigenvalue weighted by atomic mass is 9.83. The predicted octanol–water partition coefficient (Wildman–Crippen LogP) is 2.89. The maximum absolute atomic E-state index is 9.49. The molecule has 5 heteroatoms. The SMILES string of the molecule is CCOc1ccc([C@@H]2C(C#N)=C(N)Oc3cc(N)ccc32)cc1. The molecule has 4 N–H and O–H groups in total. The molecule has 23 heavy (non-hydrogen) atoms. The van der Waals surface area contributed by atoms with E-state index in [9.17, 15) is 5.26 Å². The van der Waals surface area contributed by atoms with Gasteiger partial charge in [-0.05, 0) is 30.7 Å². The fourth-order valence-electron chi connectivity index (χ4n) is 2.74. The van der Waals surface area contributed by atoms with Crippen LogP contribution in [0.25, 0.3) is 0 Å². The third-order valence-corrected chi connectivity index (χ3v) is 3.77. The Morgan fingerprint density at radius 3 is 2.57 bits per heavy atom. The highest BCUT2D eigenvalue weighted by Gasteiger charge is 2.30. The van der Waals surface area contributed by atoms with E-state index in [0.29, 0.717) is 23.6 Å². The van der Waals surface area contributed by atoms with Gasteiger partial charge in [0.15, 0.2) is 0 Å². The summed E-state index contributed by atoms with van der Waals surface area (Å²) in [5, 5.41) is 9.49. The van der Waals surface area contributed by atoms with Gasteiger partial charge < -0.3 is 20.9 Å². The number of allylic oxidation sites excluding steroid dienone is 1. The van der Waals surface area contributed by atoms with Crippen molar-refractivity contribution in [2.24, 2.45) is 5.73 Å². The van der Waals surface area contributed by atoms with Crippen molar-refractivity contribution in [1.29, 1.82) is 5.26 Å². The van der Waals surface area contributed by atoms with Gasteiger partial charge in [-0.1, -0.05) is 18.2 Å². The average Bonchev–Trinajstić information content (AvgIpc) is 2.54. The summed E-state index contributed by atoms with van der Waals surface area (Å²) >= 11 is 0. The van der Waals surface area contributed by atoms with Crippen LogP contribution in [0.3, 0.4) is 0 Å². The van der Waals surface area contributed by atoms with Crippen LogP contribution in [-0.2, 0) is 0 Å².